The first-order chi connectivity index (χ1) is 11.4. The van der Waals surface area contributed by atoms with E-state index in [1.807, 2.05) is 49.2 Å². The number of hydrogen-bond acceptors (Lipinski definition) is 3. The molecular formula is C19H29N3O2. The van der Waals surface area contributed by atoms with Crippen LogP contribution in [0.25, 0.3) is 0 Å². The molecule has 1 N–H and O–H groups in total. The van der Waals surface area contributed by atoms with Gasteiger partial charge in [0.15, 0.2) is 0 Å². The van der Waals surface area contributed by atoms with Crippen LogP contribution in [0.2, 0.25) is 0 Å². The molecule has 3 atom stereocenters. The zero-order valence-electron chi connectivity index (χ0n) is 15.2. The molecule has 0 spiro atoms. The number of carbonyl (C=O) groups excluding carboxylic acids is 2. The molecule has 5 heteroatoms. The lowest BCUT2D eigenvalue weighted by Crippen LogP contribution is -2.54. The Hall–Kier alpha value is -1.88. The van der Waals surface area contributed by atoms with Crippen molar-refractivity contribution >= 4 is 11.8 Å². The van der Waals surface area contributed by atoms with Crippen molar-refractivity contribution in [3.8, 4) is 0 Å². The van der Waals surface area contributed by atoms with Crippen LogP contribution in [0, 0.1) is 5.92 Å². The second-order valence-electron chi connectivity index (χ2n) is 6.91. The molecule has 1 aliphatic rings. The summed E-state index contributed by atoms with van der Waals surface area (Å²) in [4.78, 5) is 27.7. The Morgan fingerprint density at radius 2 is 2.00 bits per heavy atom. The fourth-order valence-electron chi connectivity index (χ4n) is 3.34. The number of hydrogen-bond donors (Lipinski definition) is 1. The molecule has 1 heterocycles. The molecule has 24 heavy (non-hydrogen) atoms. The Balaban J connectivity index is 1.86. The van der Waals surface area contributed by atoms with E-state index < -0.39 is 0 Å². The molecule has 0 radical (unpaired) electrons. The SMILES string of the molecule is CC(=O)N1CC[C@H](N[C@H](C)C(=O)N(C)Cc2ccccc2)[C@@H](C)C1. The number of amides is 2. The van der Waals surface area contributed by atoms with Crippen molar-refractivity contribution in [3.05, 3.63) is 35.9 Å². The van der Waals surface area contributed by atoms with E-state index in [2.05, 4.69) is 12.2 Å². The van der Waals surface area contributed by atoms with Gasteiger partial charge >= 0.3 is 0 Å². The molecule has 0 aromatic heterocycles. The third kappa shape index (κ3) is 4.81. The molecule has 1 aromatic carbocycles. The fraction of sp³-hybridized carbons (Fsp3) is 0.579. The second-order valence-corrected chi connectivity index (χ2v) is 6.91. The molecule has 0 bridgehead atoms. The zero-order chi connectivity index (χ0) is 17.7. The van der Waals surface area contributed by atoms with Crippen LogP contribution in [0.15, 0.2) is 30.3 Å². The number of piperidine rings is 1. The van der Waals surface area contributed by atoms with Crippen molar-refractivity contribution in [1.29, 1.82) is 0 Å². The minimum atomic E-state index is -0.227. The smallest absolute Gasteiger partial charge is 0.239 e. The minimum absolute atomic E-state index is 0.0973. The number of benzene rings is 1. The molecule has 1 aliphatic heterocycles. The van der Waals surface area contributed by atoms with Gasteiger partial charge in [0, 0.05) is 39.6 Å². The molecular weight excluding hydrogens is 302 g/mol. The van der Waals surface area contributed by atoms with E-state index in [0.717, 1.165) is 25.1 Å². The second kappa shape index (κ2) is 8.29. The van der Waals surface area contributed by atoms with E-state index in [9.17, 15) is 9.59 Å². The van der Waals surface area contributed by atoms with Crippen LogP contribution in [0.4, 0.5) is 0 Å². The molecule has 1 fully saturated rings. The topological polar surface area (TPSA) is 52.7 Å². The Morgan fingerprint density at radius 1 is 1.33 bits per heavy atom. The first-order valence-corrected chi connectivity index (χ1v) is 8.69. The van der Waals surface area contributed by atoms with E-state index in [1.54, 1.807) is 11.8 Å². The van der Waals surface area contributed by atoms with Gasteiger partial charge < -0.3 is 15.1 Å². The van der Waals surface area contributed by atoms with Crippen molar-refractivity contribution in [2.24, 2.45) is 5.92 Å². The van der Waals surface area contributed by atoms with Gasteiger partial charge in [-0.2, -0.15) is 0 Å². The van der Waals surface area contributed by atoms with Gasteiger partial charge in [0.25, 0.3) is 0 Å². The molecule has 0 aliphatic carbocycles. The minimum Gasteiger partial charge on any atom is -0.343 e. The molecule has 5 nitrogen and oxygen atoms in total. The number of rotatable bonds is 5. The summed E-state index contributed by atoms with van der Waals surface area (Å²) in [6.07, 6.45) is 0.890. The predicted molar refractivity (Wildman–Crippen MR) is 95.3 cm³/mol. The quantitative estimate of drug-likeness (QED) is 0.896. The maximum atomic E-state index is 12.6. The summed E-state index contributed by atoms with van der Waals surface area (Å²) >= 11 is 0. The van der Waals surface area contributed by atoms with Crippen molar-refractivity contribution in [2.75, 3.05) is 20.1 Å². The number of likely N-dealkylation sites (N-methyl/N-ethyl adjacent to an activating group) is 1. The van der Waals surface area contributed by atoms with Crippen LogP contribution >= 0.6 is 0 Å². The third-order valence-corrected chi connectivity index (χ3v) is 4.82. The van der Waals surface area contributed by atoms with Crippen LogP contribution in [0.3, 0.4) is 0 Å². The third-order valence-electron chi connectivity index (χ3n) is 4.82. The maximum absolute atomic E-state index is 12.6. The van der Waals surface area contributed by atoms with Gasteiger partial charge in [-0.25, -0.2) is 0 Å². The fourth-order valence-corrected chi connectivity index (χ4v) is 3.34. The average molecular weight is 331 g/mol. The van der Waals surface area contributed by atoms with E-state index in [4.69, 9.17) is 0 Å². The Bertz CT molecular complexity index is 561. The van der Waals surface area contributed by atoms with Crippen LogP contribution < -0.4 is 5.32 Å². The summed E-state index contributed by atoms with van der Waals surface area (Å²) in [5.74, 6) is 0.574. The number of nitrogens with zero attached hydrogens (tertiary/aromatic N) is 2. The van der Waals surface area contributed by atoms with Crippen molar-refractivity contribution in [3.63, 3.8) is 0 Å². The summed E-state index contributed by atoms with van der Waals surface area (Å²) < 4.78 is 0. The standard InChI is InChI=1S/C19H29N3O2/c1-14-12-22(16(3)23)11-10-18(14)20-15(2)19(24)21(4)13-17-8-6-5-7-9-17/h5-9,14-15,18,20H,10-13H2,1-4H3/t14-,15+,18-/m0/s1. The maximum Gasteiger partial charge on any atom is 0.239 e. The largest absolute Gasteiger partial charge is 0.343 e. The highest BCUT2D eigenvalue weighted by atomic mass is 16.2. The number of nitrogens with one attached hydrogen (secondary N) is 1. The lowest BCUT2D eigenvalue weighted by molar-refractivity contribution is -0.134. The van der Waals surface area contributed by atoms with Crippen LogP contribution in [-0.4, -0.2) is 53.8 Å². The summed E-state index contributed by atoms with van der Waals surface area (Å²) in [5, 5.41) is 3.47. The molecule has 2 rings (SSSR count). The average Bonchev–Trinajstić information content (AvgIpc) is 2.56. The molecule has 0 saturated carbocycles. The van der Waals surface area contributed by atoms with E-state index in [1.165, 1.54) is 0 Å². The van der Waals surface area contributed by atoms with Gasteiger partial charge in [0.1, 0.15) is 0 Å². The first-order valence-electron chi connectivity index (χ1n) is 8.69. The van der Waals surface area contributed by atoms with E-state index in [-0.39, 0.29) is 23.9 Å². The van der Waals surface area contributed by atoms with Crippen LogP contribution in [0.5, 0.6) is 0 Å². The highest BCUT2D eigenvalue weighted by Gasteiger charge is 2.30. The lowest BCUT2D eigenvalue weighted by Gasteiger charge is -2.38. The van der Waals surface area contributed by atoms with Crippen LogP contribution in [0.1, 0.15) is 32.8 Å². The van der Waals surface area contributed by atoms with Gasteiger partial charge in [-0.15, -0.1) is 0 Å². The summed E-state index contributed by atoms with van der Waals surface area (Å²) in [6.45, 7) is 7.81. The number of carbonyl (C=O) groups is 2. The van der Waals surface area contributed by atoms with Gasteiger partial charge in [-0.05, 0) is 24.8 Å². The Kier molecular flexibility index (Phi) is 6.37. The highest BCUT2D eigenvalue weighted by Crippen LogP contribution is 2.18. The normalized spacial score (nSPS) is 22.1. The van der Waals surface area contributed by atoms with Crippen molar-refractivity contribution in [1.82, 2.24) is 15.1 Å². The summed E-state index contributed by atoms with van der Waals surface area (Å²) in [6, 6.07) is 10.0. The van der Waals surface area contributed by atoms with Crippen molar-refractivity contribution < 1.29 is 9.59 Å². The van der Waals surface area contributed by atoms with E-state index in [0.29, 0.717) is 12.5 Å². The monoisotopic (exact) mass is 331 g/mol. The molecule has 1 aromatic rings. The van der Waals surface area contributed by atoms with Gasteiger partial charge in [-0.1, -0.05) is 37.3 Å². The molecule has 132 valence electrons. The zero-order valence-corrected chi connectivity index (χ0v) is 15.2. The predicted octanol–water partition coefficient (Wildman–Crippen LogP) is 1.88. The molecule has 2 amide bonds. The lowest BCUT2D eigenvalue weighted by atomic mass is 9.93. The molecule has 1 saturated heterocycles. The van der Waals surface area contributed by atoms with Crippen molar-refractivity contribution in [2.45, 2.75) is 45.8 Å². The van der Waals surface area contributed by atoms with E-state index >= 15 is 0 Å². The van der Waals surface area contributed by atoms with Gasteiger partial charge in [0.05, 0.1) is 6.04 Å². The highest BCUT2D eigenvalue weighted by molar-refractivity contribution is 5.81. The molecule has 0 unspecified atom stereocenters. The summed E-state index contributed by atoms with van der Waals surface area (Å²) in [7, 11) is 1.84. The first kappa shape index (κ1) is 18.5. The van der Waals surface area contributed by atoms with Gasteiger partial charge in [-0.3, -0.25) is 9.59 Å². The summed E-state index contributed by atoms with van der Waals surface area (Å²) in [5.41, 5.74) is 1.13. The number of likely N-dealkylation sites (tertiary alicyclic amines) is 1. The van der Waals surface area contributed by atoms with Crippen LogP contribution in [-0.2, 0) is 16.1 Å². The Morgan fingerprint density at radius 3 is 2.58 bits per heavy atom. The van der Waals surface area contributed by atoms with Gasteiger partial charge in [0.2, 0.25) is 11.8 Å². The Labute approximate surface area is 145 Å².